The number of aryl methyl sites for hydroxylation is 1. The Kier molecular flexibility index (Phi) is 5.15. The Labute approximate surface area is 123 Å². The third-order valence-electron chi connectivity index (χ3n) is 3.15. The molecule has 0 saturated carbocycles. The van der Waals surface area contributed by atoms with Gasteiger partial charge in [0.25, 0.3) is 0 Å². The molecule has 1 N–H and O–H groups in total. The minimum absolute atomic E-state index is 0.149. The fourth-order valence-electron chi connectivity index (χ4n) is 2.06. The van der Waals surface area contributed by atoms with E-state index in [0.717, 1.165) is 30.8 Å². The van der Waals surface area contributed by atoms with Crippen molar-refractivity contribution in [1.82, 2.24) is 15.1 Å². The van der Waals surface area contributed by atoms with Gasteiger partial charge < -0.3 is 5.32 Å². The molecule has 3 nitrogen and oxygen atoms in total. The van der Waals surface area contributed by atoms with Crippen LogP contribution in [-0.4, -0.2) is 16.3 Å². The fraction of sp³-hybridized carbons (Fsp3) is 0.400. The van der Waals surface area contributed by atoms with E-state index in [4.69, 9.17) is 11.6 Å². The van der Waals surface area contributed by atoms with Crippen LogP contribution in [0, 0.1) is 12.7 Å². The van der Waals surface area contributed by atoms with E-state index in [1.165, 1.54) is 0 Å². The van der Waals surface area contributed by atoms with Crippen LogP contribution in [-0.2, 0) is 13.1 Å². The van der Waals surface area contributed by atoms with Gasteiger partial charge in [-0.2, -0.15) is 5.10 Å². The molecule has 0 atom stereocenters. The first-order valence-corrected chi connectivity index (χ1v) is 7.16. The molecule has 1 heterocycles. The molecule has 2 rings (SSSR count). The van der Waals surface area contributed by atoms with E-state index in [1.807, 2.05) is 13.1 Å². The van der Waals surface area contributed by atoms with Gasteiger partial charge in [-0.3, -0.25) is 4.68 Å². The number of rotatable bonds is 6. The van der Waals surface area contributed by atoms with Crippen molar-refractivity contribution in [2.45, 2.75) is 33.4 Å². The molecular weight excluding hydrogens is 277 g/mol. The van der Waals surface area contributed by atoms with Gasteiger partial charge >= 0.3 is 0 Å². The number of nitrogens with one attached hydrogen (secondary N) is 1. The number of nitrogens with zero attached hydrogens (tertiary/aromatic N) is 2. The van der Waals surface area contributed by atoms with E-state index in [1.54, 1.807) is 22.9 Å². The first kappa shape index (κ1) is 15.0. The van der Waals surface area contributed by atoms with Crippen LogP contribution in [0.2, 0.25) is 5.02 Å². The predicted molar refractivity (Wildman–Crippen MR) is 79.5 cm³/mol. The first-order chi connectivity index (χ1) is 9.61. The lowest BCUT2D eigenvalue weighted by Gasteiger charge is -2.04. The second-order valence-corrected chi connectivity index (χ2v) is 5.23. The van der Waals surface area contributed by atoms with Crippen molar-refractivity contribution in [3.63, 3.8) is 0 Å². The molecule has 0 aliphatic heterocycles. The molecule has 0 saturated heterocycles. The van der Waals surface area contributed by atoms with Gasteiger partial charge in [-0.05, 0) is 26.0 Å². The molecule has 2 aromatic rings. The number of halogens is 2. The summed E-state index contributed by atoms with van der Waals surface area (Å²) < 4.78 is 15.6. The van der Waals surface area contributed by atoms with Crippen molar-refractivity contribution in [3.05, 3.63) is 52.1 Å². The first-order valence-electron chi connectivity index (χ1n) is 6.78. The van der Waals surface area contributed by atoms with Crippen LogP contribution < -0.4 is 5.32 Å². The topological polar surface area (TPSA) is 29.9 Å². The highest BCUT2D eigenvalue weighted by Gasteiger charge is 2.09. The molecule has 20 heavy (non-hydrogen) atoms. The number of aromatic nitrogens is 2. The van der Waals surface area contributed by atoms with E-state index in [2.05, 4.69) is 17.3 Å². The molecule has 0 unspecified atom stereocenters. The maximum atomic E-state index is 13.9. The standard InChI is InChI=1S/C15H19ClFN3/c1-3-7-18-8-13-10-20(19-11(13)2)9-12-5-4-6-14(16)15(12)17/h4-6,10,18H,3,7-9H2,1-2H3. The van der Waals surface area contributed by atoms with Gasteiger partial charge in [0.2, 0.25) is 0 Å². The number of benzene rings is 1. The van der Waals surface area contributed by atoms with E-state index >= 15 is 0 Å². The van der Waals surface area contributed by atoms with Crippen LogP contribution in [0.4, 0.5) is 4.39 Å². The molecule has 108 valence electrons. The normalized spacial score (nSPS) is 11.0. The summed E-state index contributed by atoms with van der Waals surface area (Å²) in [5.74, 6) is -0.368. The van der Waals surface area contributed by atoms with Crippen LogP contribution in [0.5, 0.6) is 0 Å². The minimum atomic E-state index is -0.368. The van der Waals surface area contributed by atoms with Crippen molar-refractivity contribution in [1.29, 1.82) is 0 Å². The highest BCUT2D eigenvalue weighted by atomic mass is 35.5. The molecule has 5 heteroatoms. The molecule has 0 bridgehead atoms. The molecule has 0 spiro atoms. The van der Waals surface area contributed by atoms with E-state index < -0.39 is 0 Å². The Morgan fingerprint density at radius 2 is 2.15 bits per heavy atom. The Hall–Kier alpha value is -1.39. The molecular formula is C15H19ClFN3. The van der Waals surface area contributed by atoms with Gasteiger partial charge in [-0.25, -0.2) is 4.39 Å². The van der Waals surface area contributed by atoms with Crippen LogP contribution >= 0.6 is 11.6 Å². The lowest BCUT2D eigenvalue weighted by molar-refractivity contribution is 0.584. The highest BCUT2D eigenvalue weighted by Crippen LogP contribution is 2.19. The zero-order valence-electron chi connectivity index (χ0n) is 11.8. The SMILES string of the molecule is CCCNCc1cn(Cc2cccc(Cl)c2F)nc1C. The Balaban J connectivity index is 2.10. The van der Waals surface area contributed by atoms with Gasteiger partial charge in [0, 0.05) is 23.9 Å². The summed E-state index contributed by atoms with van der Waals surface area (Å²) in [4.78, 5) is 0. The largest absolute Gasteiger partial charge is 0.313 e. The Bertz CT molecular complexity index is 580. The zero-order chi connectivity index (χ0) is 14.5. The molecule has 1 aromatic carbocycles. The second kappa shape index (κ2) is 6.86. The summed E-state index contributed by atoms with van der Waals surface area (Å²) >= 11 is 5.79. The van der Waals surface area contributed by atoms with E-state index in [9.17, 15) is 4.39 Å². The summed E-state index contributed by atoms with van der Waals surface area (Å²) in [6, 6.07) is 5.03. The van der Waals surface area contributed by atoms with Crippen molar-refractivity contribution < 1.29 is 4.39 Å². The lowest BCUT2D eigenvalue weighted by Crippen LogP contribution is -2.13. The Morgan fingerprint density at radius 3 is 2.90 bits per heavy atom. The smallest absolute Gasteiger partial charge is 0.146 e. The minimum Gasteiger partial charge on any atom is -0.313 e. The van der Waals surface area contributed by atoms with Crippen molar-refractivity contribution >= 4 is 11.6 Å². The van der Waals surface area contributed by atoms with Crippen LogP contribution in [0.25, 0.3) is 0 Å². The van der Waals surface area contributed by atoms with Gasteiger partial charge in [0.05, 0.1) is 17.3 Å². The molecule has 0 aliphatic carbocycles. The van der Waals surface area contributed by atoms with Crippen LogP contribution in [0.15, 0.2) is 24.4 Å². The summed E-state index contributed by atoms with van der Waals surface area (Å²) in [5, 5.41) is 7.91. The average molecular weight is 296 g/mol. The summed E-state index contributed by atoms with van der Waals surface area (Å²) in [6.07, 6.45) is 3.05. The van der Waals surface area contributed by atoms with Gasteiger partial charge in [-0.15, -0.1) is 0 Å². The molecule has 0 aliphatic rings. The van der Waals surface area contributed by atoms with Gasteiger partial charge in [-0.1, -0.05) is 30.7 Å². The van der Waals surface area contributed by atoms with Crippen LogP contribution in [0.1, 0.15) is 30.2 Å². The molecule has 1 aromatic heterocycles. The third kappa shape index (κ3) is 3.58. The maximum Gasteiger partial charge on any atom is 0.146 e. The lowest BCUT2D eigenvalue weighted by atomic mass is 10.2. The van der Waals surface area contributed by atoms with Gasteiger partial charge in [0.1, 0.15) is 5.82 Å². The second-order valence-electron chi connectivity index (χ2n) is 4.83. The summed E-state index contributed by atoms with van der Waals surface area (Å²) in [6.45, 7) is 6.26. The molecule has 0 radical (unpaired) electrons. The van der Waals surface area contributed by atoms with Crippen molar-refractivity contribution in [3.8, 4) is 0 Å². The van der Waals surface area contributed by atoms with E-state index in [0.29, 0.717) is 12.1 Å². The van der Waals surface area contributed by atoms with Crippen molar-refractivity contribution in [2.75, 3.05) is 6.54 Å². The predicted octanol–water partition coefficient (Wildman–Crippen LogP) is 3.53. The fourth-order valence-corrected chi connectivity index (χ4v) is 2.25. The average Bonchev–Trinajstić information content (AvgIpc) is 2.76. The highest BCUT2D eigenvalue weighted by molar-refractivity contribution is 6.30. The zero-order valence-corrected chi connectivity index (χ0v) is 12.5. The summed E-state index contributed by atoms with van der Waals surface area (Å²) in [7, 11) is 0. The molecule has 0 fully saturated rings. The quantitative estimate of drug-likeness (QED) is 0.826. The maximum absolute atomic E-state index is 13.9. The summed E-state index contributed by atoms with van der Waals surface area (Å²) in [5.41, 5.74) is 2.66. The Morgan fingerprint density at radius 1 is 1.35 bits per heavy atom. The number of hydrogen-bond donors (Lipinski definition) is 1. The van der Waals surface area contributed by atoms with E-state index in [-0.39, 0.29) is 10.8 Å². The van der Waals surface area contributed by atoms with Crippen molar-refractivity contribution in [2.24, 2.45) is 0 Å². The number of hydrogen-bond acceptors (Lipinski definition) is 2. The monoisotopic (exact) mass is 295 g/mol. The van der Waals surface area contributed by atoms with Crippen LogP contribution in [0.3, 0.4) is 0 Å². The molecule has 0 amide bonds. The third-order valence-corrected chi connectivity index (χ3v) is 3.45. The van der Waals surface area contributed by atoms with Gasteiger partial charge in [0.15, 0.2) is 0 Å².